The van der Waals surface area contributed by atoms with Gasteiger partial charge in [-0.25, -0.2) is 0 Å². The van der Waals surface area contributed by atoms with Crippen LogP contribution in [0.2, 0.25) is 0 Å². The average molecular weight is 341 g/mol. The molecular weight excluding hydrogens is 322 g/mol. The third-order valence-corrected chi connectivity index (χ3v) is 4.18. The summed E-state index contributed by atoms with van der Waals surface area (Å²) in [6.45, 7) is 3.23. The van der Waals surface area contributed by atoms with E-state index >= 15 is 0 Å². The number of para-hydroxylation sites is 1. The monoisotopic (exact) mass is 341 g/mol. The number of thioether (sulfide) groups is 1. The van der Waals surface area contributed by atoms with Crippen LogP contribution in [0.5, 0.6) is 11.5 Å². The van der Waals surface area contributed by atoms with E-state index < -0.39 is 0 Å². The molecule has 0 aliphatic rings. The van der Waals surface area contributed by atoms with Gasteiger partial charge in [-0.1, -0.05) is 30.0 Å². The van der Waals surface area contributed by atoms with Crippen LogP contribution in [0.4, 0.5) is 0 Å². The maximum atomic E-state index is 5.75. The quantitative estimate of drug-likeness (QED) is 0.460. The SMILES string of the molecule is CCOc1ccc(OCCSc2nncn2-c2ccccc2)cc1. The van der Waals surface area contributed by atoms with E-state index in [1.54, 1.807) is 18.1 Å². The topological polar surface area (TPSA) is 49.2 Å². The summed E-state index contributed by atoms with van der Waals surface area (Å²) in [5, 5.41) is 9.03. The number of hydrogen-bond acceptors (Lipinski definition) is 5. The minimum Gasteiger partial charge on any atom is -0.494 e. The third-order valence-electron chi connectivity index (χ3n) is 3.27. The molecule has 24 heavy (non-hydrogen) atoms. The van der Waals surface area contributed by atoms with E-state index in [1.165, 1.54) is 0 Å². The predicted octanol–water partition coefficient (Wildman–Crippen LogP) is 3.84. The molecule has 1 heterocycles. The summed E-state index contributed by atoms with van der Waals surface area (Å²) >= 11 is 1.62. The number of rotatable bonds is 8. The highest BCUT2D eigenvalue weighted by atomic mass is 32.2. The number of ether oxygens (including phenoxy) is 2. The number of hydrogen-bond donors (Lipinski definition) is 0. The molecule has 0 amide bonds. The molecule has 0 fully saturated rings. The second kappa shape index (κ2) is 8.40. The fourth-order valence-corrected chi connectivity index (χ4v) is 2.93. The summed E-state index contributed by atoms with van der Waals surface area (Å²) < 4.78 is 13.1. The molecule has 3 rings (SSSR count). The van der Waals surface area contributed by atoms with Crippen molar-refractivity contribution in [3.05, 3.63) is 60.9 Å². The lowest BCUT2D eigenvalue weighted by Gasteiger charge is -2.08. The molecule has 0 unspecified atom stereocenters. The minimum atomic E-state index is 0.598. The molecule has 6 heteroatoms. The van der Waals surface area contributed by atoms with Crippen LogP contribution in [0.25, 0.3) is 5.69 Å². The van der Waals surface area contributed by atoms with Crippen LogP contribution in [0, 0.1) is 0 Å². The zero-order valence-electron chi connectivity index (χ0n) is 13.5. The van der Waals surface area contributed by atoms with Crippen molar-refractivity contribution in [2.75, 3.05) is 19.0 Å². The van der Waals surface area contributed by atoms with Crippen molar-refractivity contribution in [3.8, 4) is 17.2 Å². The van der Waals surface area contributed by atoms with Crippen molar-refractivity contribution in [2.24, 2.45) is 0 Å². The molecule has 0 saturated heterocycles. The first-order valence-corrected chi connectivity index (χ1v) is 8.79. The highest BCUT2D eigenvalue weighted by Gasteiger charge is 2.06. The van der Waals surface area contributed by atoms with Gasteiger partial charge in [0.1, 0.15) is 17.8 Å². The zero-order chi connectivity index (χ0) is 16.6. The Morgan fingerprint density at radius 1 is 0.958 bits per heavy atom. The Morgan fingerprint density at radius 3 is 2.38 bits per heavy atom. The average Bonchev–Trinajstić information content (AvgIpc) is 3.10. The molecule has 3 aromatic rings. The van der Waals surface area contributed by atoms with E-state index in [4.69, 9.17) is 9.47 Å². The summed E-state index contributed by atoms with van der Waals surface area (Å²) in [6.07, 6.45) is 1.73. The number of benzene rings is 2. The van der Waals surface area contributed by atoms with Gasteiger partial charge in [0, 0.05) is 11.4 Å². The van der Waals surface area contributed by atoms with Gasteiger partial charge < -0.3 is 9.47 Å². The van der Waals surface area contributed by atoms with Crippen molar-refractivity contribution in [2.45, 2.75) is 12.1 Å². The smallest absolute Gasteiger partial charge is 0.195 e. The molecule has 0 spiro atoms. The van der Waals surface area contributed by atoms with Gasteiger partial charge in [-0.15, -0.1) is 10.2 Å². The summed E-state index contributed by atoms with van der Waals surface area (Å²) in [7, 11) is 0. The van der Waals surface area contributed by atoms with Crippen molar-refractivity contribution < 1.29 is 9.47 Å². The van der Waals surface area contributed by atoms with Crippen LogP contribution in [-0.2, 0) is 0 Å². The van der Waals surface area contributed by atoms with Crippen molar-refractivity contribution in [1.29, 1.82) is 0 Å². The Morgan fingerprint density at radius 2 is 1.67 bits per heavy atom. The van der Waals surface area contributed by atoms with Crippen LogP contribution >= 0.6 is 11.8 Å². The Bertz CT molecular complexity index is 744. The van der Waals surface area contributed by atoms with E-state index in [1.807, 2.05) is 66.1 Å². The van der Waals surface area contributed by atoms with E-state index in [2.05, 4.69) is 10.2 Å². The van der Waals surface area contributed by atoms with Gasteiger partial charge in [-0.3, -0.25) is 4.57 Å². The van der Waals surface area contributed by atoms with Crippen molar-refractivity contribution in [1.82, 2.24) is 14.8 Å². The molecule has 0 aliphatic carbocycles. The Hall–Kier alpha value is -2.47. The fourth-order valence-electron chi connectivity index (χ4n) is 2.18. The molecule has 124 valence electrons. The van der Waals surface area contributed by atoms with Gasteiger partial charge in [0.25, 0.3) is 0 Å². The van der Waals surface area contributed by atoms with Gasteiger partial charge in [-0.05, 0) is 43.3 Å². The molecule has 0 aliphatic heterocycles. The first-order chi connectivity index (χ1) is 11.9. The van der Waals surface area contributed by atoms with E-state index in [-0.39, 0.29) is 0 Å². The first kappa shape index (κ1) is 16.4. The summed E-state index contributed by atoms with van der Waals surface area (Å²) in [4.78, 5) is 0. The molecule has 0 radical (unpaired) electrons. The van der Waals surface area contributed by atoms with E-state index in [0.29, 0.717) is 13.2 Å². The van der Waals surface area contributed by atoms with Crippen LogP contribution in [0.3, 0.4) is 0 Å². The second-order valence-electron chi connectivity index (χ2n) is 4.92. The zero-order valence-corrected chi connectivity index (χ0v) is 14.3. The highest BCUT2D eigenvalue weighted by molar-refractivity contribution is 7.99. The van der Waals surface area contributed by atoms with Gasteiger partial charge in [0.05, 0.1) is 13.2 Å². The van der Waals surface area contributed by atoms with Gasteiger partial charge in [-0.2, -0.15) is 0 Å². The fraction of sp³-hybridized carbons (Fsp3) is 0.222. The molecule has 0 N–H and O–H groups in total. The largest absolute Gasteiger partial charge is 0.494 e. The third kappa shape index (κ3) is 4.29. The minimum absolute atomic E-state index is 0.598. The Labute approximate surface area is 145 Å². The lowest BCUT2D eigenvalue weighted by molar-refractivity contribution is 0.332. The first-order valence-electron chi connectivity index (χ1n) is 7.80. The van der Waals surface area contributed by atoms with Crippen molar-refractivity contribution >= 4 is 11.8 Å². The van der Waals surface area contributed by atoms with Crippen LogP contribution in [-0.4, -0.2) is 33.7 Å². The van der Waals surface area contributed by atoms with E-state index in [9.17, 15) is 0 Å². The maximum absolute atomic E-state index is 5.75. The summed E-state index contributed by atoms with van der Waals surface area (Å²) in [5.74, 6) is 2.48. The highest BCUT2D eigenvalue weighted by Crippen LogP contribution is 2.21. The molecular formula is C18H19N3O2S. The van der Waals surface area contributed by atoms with Crippen LogP contribution in [0.15, 0.2) is 66.1 Å². The maximum Gasteiger partial charge on any atom is 0.195 e. The standard InChI is InChI=1S/C18H19N3O2S/c1-2-22-16-8-10-17(11-9-16)23-12-13-24-18-20-19-14-21(18)15-6-4-3-5-7-15/h3-11,14H,2,12-13H2,1H3. The lowest BCUT2D eigenvalue weighted by Crippen LogP contribution is -2.02. The second-order valence-corrected chi connectivity index (χ2v) is 5.98. The van der Waals surface area contributed by atoms with Gasteiger partial charge in [0.15, 0.2) is 5.16 Å². The van der Waals surface area contributed by atoms with Gasteiger partial charge >= 0.3 is 0 Å². The number of nitrogens with zero attached hydrogens (tertiary/aromatic N) is 3. The molecule has 0 saturated carbocycles. The Kier molecular flexibility index (Phi) is 5.74. The van der Waals surface area contributed by atoms with E-state index in [0.717, 1.165) is 28.1 Å². The number of aromatic nitrogens is 3. The predicted molar refractivity (Wildman–Crippen MR) is 95.2 cm³/mol. The van der Waals surface area contributed by atoms with Gasteiger partial charge in [0.2, 0.25) is 0 Å². The molecule has 1 aromatic heterocycles. The normalized spacial score (nSPS) is 10.5. The lowest BCUT2D eigenvalue weighted by atomic mass is 10.3. The molecule has 2 aromatic carbocycles. The Balaban J connectivity index is 1.50. The summed E-state index contributed by atoms with van der Waals surface area (Å²) in [6, 6.07) is 17.7. The summed E-state index contributed by atoms with van der Waals surface area (Å²) in [5.41, 5.74) is 1.05. The van der Waals surface area contributed by atoms with Crippen molar-refractivity contribution in [3.63, 3.8) is 0 Å². The molecule has 5 nitrogen and oxygen atoms in total. The van der Waals surface area contributed by atoms with Crippen LogP contribution in [0.1, 0.15) is 6.92 Å². The molecule has 0 bridgehead atoms. The van der Waals surface area contributed by atoms with Crippen LogP contribution < -0.4 is 9.47 Å². The molecule has 0 atom stereocenters.